The lowest BCUT2D eigenvalue weighted by atomic mass is 9.76. The van der Waals surface area contributed by atoms with E-state index in [1.165, 1.54) is 5.39 Å². The zero-order valence-electron chi connectivity index (χ0n) is 52.6. The van der Waals surface area contributed by atoms with Crippen LogP contribution in [0, 0.1) is 0 Å². The summed E-state index contributed by atoms with van der Waals surface area (Å²) in [4.78, 5) is 18.5. The van der Waals surface area contributed by atoms with E-state index in [1.54, 1.807) is 48.0 Å². The molecular weight excluding hydrogens is 1070 g/mol. The zero-order valence-corrected chi connectivity index (χ0v) is 43.0. The summed E-state index contributed by atoms with van der Waals surface area (Å²) < 4.78 is 112. The number of rotatable bonds is 4. The lowest BCUT2D eigenvalue weighted by Crippen LogP contribution is -2.30. The molecule has 6 aromatic heterocycles. The van der Waals surface area contributed by atoms with Gasteiger partial charge >= 0.3 is 7.12 Å². The number of furan rings is 1. The molecule has 10 aromatic carbocycles. The molecule has 0 aliphatic rings. The highest BCUT2D eigenvalue weighted by Gasteiger charge is 2.18. The van der Waals surface area contributed by atoms with Crippen LogP contribution < -0.4 is 5.46 Å². The van der Waals surface area contributed by atoms with Crippen LogP contribution in [0.1, 0.15) is 31.3 Å². The van der Waals surface area contributed by atoms with Crippen molar-refractivity contribution in [1.82, 2.24) is 19.9 Å². The Morgan fingerprint density at radius 2 is 0.938 bits per heavy atom. The predicted octanol–water partition coefficient (Wildman–Crippen LogP) is 18.5. The SMILES string of the molecule is Brc1ccc2oc3ccccc3c2c1.C.C.[2H]c1c([2H])c([2H])c2c(-c3ccc4ccc5cccnc5c4n3)c([2H])c([2H])c(-c3ccc4sc5ccccc5c4c3)c2c1[2H].[2H]c1c([2H])c([2H])c2c(-c3ccc4ccc5cccnc5c4n3)c([2H])c([2H])c(B(O)O)c2c1[2H]. The number of halogens is 1. The second kappa shape index (κ2) is 21.6. The molecule has 0 spiro atoms. The van der Waals surface area contributed by atoms with Gasteiger partial charge in [-0.2, -0.15) is 0 Å². The van der Waals surface area contributed by atoms with E-state index in [9.17, 15) is 12.8 Å². The lowest BCUT2D eigenvalue weighted by molar-refractivity contribution is 0.426. The third kappa shape index (κ3) is 9.27. The first-order valence-corrected chi connectivity index (χ1v) is 26.2. The Morgan fingerprint density at radius 1 is 0.425 bits per heavy atom. The molecule has 10 heteroatoms. The van der Waals surface area contributed by atoms with Crippen molar-refractivity contribution in [2.45, 2.75) is 14.9 Å². The van der Waals surface area contributed by atoms with E-state index in [-0.39, 0.29) is 83.4 Å². The number of hydrogen-bond acceptors (Lipinski definition) is 8. The van der Waals surface area contributed by atoms with E-state index in [0.29, 0.717) is 38.9 Å². The van der Waals surface area contributed by atoms with Gasteiger partial charge in [-0.15, -0.1) is 11.3 Å². The van der Waals surface area contributed by atoms with Gasteiger partial charge in [-0.25, -0.2) is 9.97 Å². The van der Waals surface area contributed by atoms with Gasteiger partial charge in [0, 0.05) is 80.5 Å². The molecule has 0 radical (unpaired) electrons. The van der Waals surface area contributed by atoms with Crippen molar-refractivity contribution in [3.8, 4) is 33.6 Å². The van der Waals surface area contributed by atoms with E-state index in [2.05, 4.69) is 49.1 Å². The van der Waals surface area contributed by atoms with E-state index in [1.807, 2.05) is 115 Å². The molecule has 16 rings (SSSR count). The average Bonchev–Trinajstić information content (AvgIpc) is 0.870. The highest BCUT2D eigenvalue weighted by molar-refractivity contribution is 9.10. The summed E-state index contributed by atoms with van der Waals surface area (Å²) in [5.74, 6) is 0. The van der Waals surface area contributed by atoms with Gasteiger partial charge in [-0.1, -0.05) is 194 Å². The molecule has 0 amide bonds. The fourth-order valence-corrected chi connectivity index (χ4v) is 11.4. The van der Waals surface area contributed by atoms with Crippen molar-refractivity contribution in [2.75, 3.05) is 0 Å². The van der Waals surface area contributed by atoms with E-state index in [0.717, 1.165) is 62.7 Å². The summed E-state index contributed by atoms with van der Waals surface area (Å²) in [6, 6.07) is 45.6. The second-order valence-electron chi connectivity index (χ2n) is 18.3. The van der Waals surface area contributed by atoms with Crippen LogP contribution in [0.5, 0.6) is 0 Å². The number of benzene rings is 10. The Kier molecular flexibility index (Phi) is 10.6. The Morgan fingerprint density at radius 3 is 1.59 bits per heavy atom. The number of fused-ring (bicyclic) bond motifs is 14. The van der Waals surface area contributed by atoms with Crippen LogP contribution in [0.4, 0.5) is 0 Å². The molecule has 384 valence electrons. The zero-order chi connectivity index (χ0) is 62.7. The molecule has 7 nitrogen and oxygen atoms in total. The minimum absolute atomic E-state index is 0. The van der Waals surface area contributed by atoms with Gasteiger partial charge in [0.1, 0.15) is 11.2 Å². The van der Waals surface area contributed by atoms with Crippen LogP contribution in [0.15, 0.2) is 252 Å². The second-order valence-corrected chi connectivity index (χ2v) is 20.3. The maximum Gasteiger partial charge on any atom is 0.489 e. The topological polar surface area (TPSA) is 105 Å². The molecule has 0 atom stereocenters. The van der Waals surface area contributed by atoms with Crippen LogP contribution in [0.2, 0.25) is 0 Å². The van der Waals surface area contributed by atoms with E-state index >= 15 is 0 Å². The van der Waals surface area contributed by atoms with Crippen LogP contribution in [0.25, 0.3) is 141 Å². The molecule has 0 fully saturated rings. The maximum absolute atomic E-state index is 9.90. The number of hydrogen-bond donors (Lipinski definition) is 2. The Balaban J connectivity index is 0.000000147. The summed E-state index contributed by atoms with van der Waals surface area (Å²) in [6.45, 7) is 0. The summed E-state index contributed by atoms with van der Waals surface area (Å²) in [5, 5.41) is 27.7. The van der Waals surface area contributed by atoms with E-state index < -0.39 is 54.9 Å². The number of aromatic nitrogens is 4. The first-order chi connectivity index (χ1) is 43.4. The Hall–Kier alpha value is -9.16. The quantitative estimate of drug-likeness (QED) is 0.134. The number of nitrogens with zero attached hydrogens (tertiary/aromatic N) is 4. The molecular formula is C70H50BBrN4O3S. The minimum atomic E-state index is -2.20. The van der Waals surface area contributed by atoms with Crippen molar-refractivity contribution < 1.29 is 30.9 Å². The number of pyridine rings is 4. The molecule has 0 bridgehead atoms. The van der Waals surface area contributed by atoms with Crippen molar-refractivity contribution in [3.63, 3.8) is 0 Å². The third-order valence-electron chi connectivity index (χ3n) is 13.7. The molecule has 80 heavy (non-hydrogen) atoms. The van der Waals surface area contributed by atoms with Crippen LogP contribution >= 0.6 is 27.3 Å². The fourth-order valence-electron chi connectivity index (χ4n) is 9.99. The number of thiophene rings is 1. The molecule has 0 aliphatic carbocycles. The molecule has 2 N–H and O–H groups in total. The molecule has 0 aliphatic heterocycles. The predicted molar refractivity (Wildman–Crippen MR) is 343 cm³/mol. The Bertz CT molecular complexity index is 5760. The van der Waals surface area contributed by atoms with Crippen molar-refractivity contribution in [1.29, 1.82) is 0 Å². The standard InChI is InChI=1S/C34H20N2S.C22H15BN2O2.C12H7BrO.2CH4/c1-2-8-26-25(7-1)24(23-14-18-32-29(20-23)28-9-3-4-10-31(28)37-32)15-16-27(26)30-17-13-22-12-11-21-6-5-19-35-33(21)34(22)36-30;26-23(27)19-11-10-18(16-5-1-2-6-17(16)19)20-12-9-15-8-7-14-4-3-13-24-21(14)22(15)25-20;13-8-5-6-12-10(7-8)9-3-1-2-4-11(9)14-12;;/h1-20H;1-13,26-27H;1-7H;2*1H4/i1D,2D,7D,8D,15D,16D;1D,2D,5D,6D,10D,11D;;;. The van der Waals surface area contributed by atoms with Gasteiger partial charge in [0.25, 0.3) is 0 Å². The normalized spacial score (nSPS) is 13.3. The summed E-state index contributed by atoms with van der Waals surface area (Å²) in [6.07, 6.45) is 3.33. The molecule has 6 heterocycles. The van der Waals surface area contributed by atoms with Gasteiger partial charge in [0.2, 0.25) is 0 Å². The van der Waals surface area contributed by atoms with Gasteiger partial charge in [-0.05, 0) is 105 Å². The number of para-hydroxylation sites is 1. The summed E-state index contributed by atoms with van der Waals surface area (Å²) in [5.41, 5.74) is 5.63. The highest BCUT2D eigenvalue weighted by Crippen LogP contribution is 2.41. The monoisotopic (exact) mass is 1130 g/mol. The Labute approximate surface area is 491 Å². The summed E-state index contributed by atoms with van der Waals surface area (Å²) >= 11 is 5.13. The average molecular weight is 1130 g/mol. The molecule has 0 saturated heterocycles. The maximum atomic E-state index is 9.90. The first-order valence-electron chi connectivity index (χ1n) is 30.6. The van der Waals surface area contributed by atoms with Crippen LogP contribution in [0.3, 0.4) is 0 Å². The lowest BCUT2D eigenvalue weighted by Gasteiger charge is -2.13. The first kappa shape index (κ1) is 39.2. The fraction of sp³-hybridized carbons (Fsp3) is 0.0286. The molecule has 16 aromatic rings. The van der Waals surface area contributed by atoms with Gasteiger partial charge in [0.15, 0.2) is 0 Å². The van der Waals surface area contributed by atoms with Crippen molar-refractivity contribution >= 4 is 147 Å². The minimum Gasteiger partial charge on any atom is -0.456 e. The van der Waals surface area contributed by atoms with Crippen molar-refractivity contribution in [2.24, 2.45) is 0 Å². The van der Waals surface area contributed by atoms with Crippen molar-refractivity contribution in [3.05, 3.63) is 247 Å². The molecule has 0 saturated carbocycles. The van der Waals surface area contributed by atoms with Crippen LogP contribution in [-0.4, -0.2) is 37.1 Å². The van der Waals surface area contributed by atoms with Gasteiger partial charge < -0.3 is 14.5 Å². The molecule has 0 unspecified atom stereocenters. The van der Waals surface area contributed by atoms with E-state index in [4.69, 9.17) is 23.1 Å². The third-order valence-corrected chi connectivity index (χ3v) is 15.3. The summed E-state index contributed by atoms with van der Waals surface area (Å²) in [7, 11) is -2.20. The highest BCUT2D eigenvalue weighted by atomic mass is 79.9. The van der Waals surface area contributed by atoms with Gasteiger partial charge in [0.05, 0.1) is 49.9 Å². The van der Waals surface area contributed by atoms with Gasteiger partial charge in [-0.3, -0.25) is 9.97 Å². The smallest absolute Gasteiger partial charge is 0.456 e. The largest absolute Gasteiger partial charge is 0.489 e. The van der Waals surface area contributed by atoms with Crippen LogP contribution in [-0.2, 0) is 0 Å².